The van der Waals surface area contributed by atoms with E-state index in [1.807, 2.05) is 0 Å². The zero-order valence-corrected chi connectivity index (χ0v) is 10.1. The summed E-state index contributed by atoms with van der Waals surface area (Å²) in [7, 11) is 1.13. The van der Waals surface area contributed by atoms with E-state index in [1.54, 1.807) is 20.8 Å². The minimum Gasteiger partial charge on any atom is -0.467 e. The van der Waals surface area contributed by atoms with Crippen molar-refractivity contribution in [2.75, 3.05) is 7.11 Å². The Morgan fingerprint density at radius 1 is 1.19 bits per heavy atom. The number of ether oxygens (including phenoxy) is 2. The highest BCUT2D eigenvalue weighted by Crippen LogP contribution is 2.09. The number of hydrogen-bond donors (Lipinski definition) is 1. The fourth-order valence-electron chi connectivity index (χ4n) is 0.856. The van der Waals surface area contributed by atoms with Gasteiger partial charge in [0, 0.05) is 0 Å². The number of carbonyl (C=O) groups excluding carboxylic acids is 3. The van der Waals surface area contributed by atoms with Gasteiger partial charge in [-0.2, -0.15) is 0 Å². The van der Waals surface area contributed by atoms with Crippen LogP contribution >= 0.6 is 0 Å². The van der Waals surface area contributed by atoms with Crippen LogP contribution in [-0.2, 0) is 19.1 Å². The highest BCUT2D eigenvalue weighted by Gasteiger charge is 2.37. The molecule has 0 fully saturated rings. The highest BCUT2D eigenvalue weighted by molar-refractivity contribution is 6.00. The van der Waals surface area contributed by atoms with Crippen LogP contribution in [0.15, 0.2) is 0 Å². The molecule has 0 bridgehead atoms. The molecule has 6 heteroatoms. The second-order valence-electron chi connectivity index (χ2n) is 4.44. The summed E-state index contributed by atoms with van der Waals surface area (Å²) >= 11 is 0. The number of hydrogen-bond acceptors (Lipinski definition) is 5. The normalized spacial score (nSPS) is 14.6. The monoisotopic (exact) mass is 231 g/mol. The average Bonchev–Trinajstić information content (AvgIpc) is 2.13. The summed E-state index contributed by atoms with van der Waals surface area (Å²) in [6.07, 6.45) is -0.560. The number of amides is 1. The Kier molecular flexibility index (Phi) is 4.47. The number of nitrogens with one attached hydrogen (secondary N) is 1. The van der Waals surface area contributed by atoms with Gasteiger partial charge in [0.1, 0.15) is 5.60 Å². The maximum absolute atomic E-state index is 11.4. The number of aldehydes is 1. The number of esters is 1. The second-order valence-corrected chi connectivity index (χ2v) is 4.44. The van der Waals surface area contributed by atoms with Crippen molar-refractivity contribution in [1.82, 2.24) is 5.32 Å². The van der Waals surface area contributed by atoms with Crippen molar-refractivity contribution in [1.29, 1.82) is 0 Å². The first-order valence-electron chi connectivity index (χ1n) is 4.70. The Hall–Kier alpha value is -1.59. The minimum absolute atomic E-state index is 0.294. The molecular formula is C10H17NO5. The molecule has 0 aliphatic rings. The molecule has 0 unspecified atom stereocenters. The standard InChI is InChI=1S/C10H17NO5/c1-9(2,3)16-8(14)11-10(4,6-12)7(13)15-5/h6H,1-5H3,(H,11,14)/t10-/m0/s1. The van der Waals surface area contributed by atoms with Gasteiger partial charge in [0.25, 0.3) is 0 Å². The molecule has 0 aliphatic heterocycles. The lowest BCUT2D eigenvalue weighted by Crippen LogP contribution is -2.55. The topological polar surface area (TPSA) is 81.7 Å². The molecule has 0 heterocycles. The van der Waals surface area contributed by atoms with Crippen LogP contribution in [0.3, 0.4) is 0 Å². The summed E-state index contributed by atoms with van der Waals surface area (Å²) in [5.74, 6) is -0.853. The van der Waals surface area contributed by atoms with Crippen molar-refractivity contribution in [2.24, 2.45) is 0 Å². The van der Waals surface area contributed by atoms with Gasteiger partial charge in [0.15, 0.2) is 11.8 Å². The van der Waals surface area contributed by atoms with E-state index >= 15 is 0 Å². The lowest BCUT2D eigenvalue weighted by atomic mass is 10.1. The van der Waals surface area contributed by atoms with Crippen molar-refractivity contribution >= 4 is 18.3 Å². The van der Waals surface area contributed by atoms with Crippen LogP contribution in [0.2, 0.25) is 0 Å². The predicted molar refractivity (Wildman–Crippen MR) is 55.9 cm³/mol. The van der Waals surface area contributed by atoms with E-state index in [2.05, 4.69) is 10.1 Å². The average molecular weight is 231 g/mol. The van der Waals surface area contributed by atoms with E-state index in [0.29, 0.717) is 6.29 Å². The third-order valence-electron chi connectivity index (χ3n) is 1.61. The predicted octanol–water partition coefficient (Wildman–Crippen LogP) is 0.642. The molecule has 16 heavy (non-hydrogen) atoms. The van der Waals surface area contributed by atoms with E-state index in [1.165, 1.54) is 6.92 Å². The molecule has 0 aromatic heterocycles. The van der Waals surface area contributed by atoms with Gasteiger partial charge in [0.05, 0.1) is 7.11 Å². The van der Waals surface area contributed by atoms with Crippen LogP contribution < -0.4 is 5.32 Å². The molecule has 0 saturated carbocycles. The van der Waals surface area contributed by atoms with Crippen LogP contribution in [-0.4, -0.2) is 36.6 Å². The third kappa shape index (κ3) is 4.29. The quantitative estimate of drug-likeness (QED) is 0.438. The molecule has 92 valence electrons. The molecule has 0 radical (unpaired) electrons. The molecule has 1 N–H and O–H groups in total. The molecule has 0 rings (SSSR count). The van der Waals surface area contributed by atoms with Crippen LogP contribution in [0.4, 0.5) is 4.79 Å². The zero-order chi connectivity index (χ0) is 13.0. The van der Waals surface area contributed by atoms with Crippen LogP contribution in [0, 0.1) is 0 Å². The van der Waals surface area contributed by atoms with Crippen molar-refractivity contribution in [3.8, 4) is 0 Å². The van der Waals surface area contributed by atoms with Crippen LogP contribution in [0.5, 0.6) is 0 Å². The van der Waals surface area contributed by atoms with Gasteiger partial charge in [-0.15, -0.1) is 0 Å². The van der Waals surface area contributed by atoms with Crippen molar-refractivity contribution in [3.05, 3.63) is 0 Å². The maximum atomic E-state index is 11.4. The molecule has 0 aromatic rings. The Labute approximate surface area is 94.3 Å². The SMILES string of the molecule is COC(=O)[C@](C)(C=O)NC(=O)OC(C)(C)C. The Morgan fingerprint density at radius 3 is 2.00 bits per heavy atom. The fourth-order valence-corrected chi connectivity index (χ4v) is 0.856. The largest absolute Gasteiger partial charge is 0.467 e. The lowest BCUT2D eigenvalue weighted by molar-refractivity contribution is -0.149. The minimum atomic E-state index is -1.73. The van der Waals surface area contributed by atoms with Gasteiger partial charge < -0.3 is 14.3 Å². The molecule has 0 saturated heterocycles. The van der Waals surface area contributed by atoms with Crippen molar-refractivity contribution < 1.29 is 23.9 Å². The Morgan fingerprint density at radius 2 is 1.69 bits per heavy atom. The van der Waals surface area contributed by atoms with Crippen LogP contribution in [0.1, 0.15) is 27.7 Å². The number of methoxy groups -OCH3 is 1. The molecule has 1 amide bonds. The molecular weight excluding hydrogens is 214 g/mol. The van der Waals surface area contributed by atoms with Gasteiger partial charge >= 0.3 is 12.1 Å². The summed E-state index contributed by atoms with van der Waals surface area (Å²) in [6, 6.07) is 0. The van der Waals surface area contributed by atoms with Crippen molar-refractivity contribution in [2.45, 2.75) is 38.8 Å². The van der Waals surface area contributed by atoms with E-state index in [-0.39, 0.29) is 0 Å². The number of carbonyl (C=O) groups is 3. The lowest BCUT2D eigenvalue weighted by Gasteiger charge is -2.25. The maximum Gasteiger partial charge on any atom is 0.408 e. The van der Waals surface area contributed by atoms with Gasteiger partial charge in [-0.1, -0.05) is 0 Å². The Balaban J connectivity index is 4.62. The van der Waals surface area contributed by atoms with Gasteiger partial charge in [0.2, 0.25) is 0 Å². The highest BCUT2D eigenvalue weighted by atomic mass is 16.6. The number of alkyl carbamates (subject to hydrolysis) is 1. The smallest absolute Gasteiger partial charge is 0.408 e. The molecule has 0 spiro atoms. The summed E-state index contributed by atoms with van der Waals surface area (Å²) in [4.78, 5) is 33.4. The third-order valence-corrected chi connectivity index (χ3v) is 1.61. The van der Waals surface area contributed by atoms with Gasteiger partial charge in [-0.3, -0.25) is 5.32 Å². The Bertz CT molecular complexity index is 294. The first-order chi connectivity index (χ1) is 7.14. The first kappa shape index (κ1) is 14.4. The molecule has 0 aromatic carbocycles. The summed E-state index contributed by atoms with van der Waals surface area (Å²) in [5.41, 5.74) is -2.43. The first-order valence-corrected chi connectivity index (χ1v) is 4.70. The number of rotatable bonds is 3. The van der Waals surface area contributed by atoms with Crippen molar-refractivity contribution in [3.63, 3.8) is 0 Å². The van der Waals surface area contributed by atoms with E-state index < -0.39 is 23.2 Å². The summed E-state index contributed by atoms with van der Waals surface area (Å²) in [5, 5.41) is 2.15. The second kappa shape index (κ2) is 4.96. The molecule has 6 nitrogen and oxygen atoms in total. The van der Waals surface area contributed by atoms with E-state index in [9.17, 15) is 14.4 Å². The zero-order valence-electron chi connectivity index (χ0n) is 10.1. The summed E-state index contributed by atoms with van der Waals surface area (Å²) < 4.78 is 9.31. The van der Waals surface area contributed by atoms with Crippen LogP contribution in [0.25, 0.3) is 0 Å². The van der Waals surface area contributed by atoms with E-state index in [4.69, 9.17) is 4.74 Å². The molecule has 1 atom stereocenters. The van der Waals surface area contributed by atoms with Gasteiger partial charge in [-0.05, 0) is 27.7 Å². The molecule has 0 aliphatic carbocycles. The summed E-state index contributed by atoms with van der Waals surface area (Å²) in [6.45, 7) is 6.24. The van der Waals surface area contributed by atoms with Gasteiger partial charge in [-0.25, -0.2) is 9.59 Å². The van der Waals surface area contributed by atoms with E-state index in [0.717, 1.165) is 7.11 Å². The fraction of sp³-hybridized carbons (Fsp3) is 0.700.